The zero-order valence-electron chi connectivity index (χ0n) is 11.0. The van der Waals surface area contributed by atoms with E-state index < -0.39 is 0 Å². The Hall–Kier alpha value is -2.43. The summed E-state index contributed by atoms with van der Waals surface area (Å²) in [7, 11) is 0. The first-order valence-electron chi connectivity index (χ1n) is 6.36. The van der Waals surface area contributed by atoms with Crippen LogP contribution in [0.2, 0.25) is 5.02 Å². The van der Waals surface area contributed by atoms with Crippen molar-refractivity contribution in [2.45, 2.75) is 0 Å². The fourth-order valence-corrected chi connectivity index (χ4v) is 2.43. The maximum absolute atomic E-state index is 12.0. The number of nitrogens with one attached hydrogen (secondary N) is 1. The highest BCUT2D eigenvalue weighted by Gasteiger charge is 2.12. The Balaban J connectivity index is 2.27. The SMILES string of the molecule is NNC(=O)c1cc(-c2cccc(Cl)c2)nc2ccccc12. The highest BCUT2D eigenvalue weighted by atomic mass is 35.5. The third-order valence-corrected chi connectivity index (χ3v) is 3.45. The number of carbonyl (C=O) groups is 1. The lowest BCUT2D eigenvalue weighted by molar-refractivity contribution is 0.0955. The predicted molar refractivity (Wildman–Crippen MR) is 83.8 cm³/mol. The third kappa shape index (κ3) is 2.59. The van der Waals surface area contributed by atoms with E-state index >= 15 is 0 Å². The Morgan fingerprint density at radius 3 is 2.67 bits per heavy atom. The number of hydrazine groups is 1. The highest BCUT2D eigenvalue weighted by Crippen LogP contribution is 2.26. The summed E-state index contributed by atoms with van der Waals surface area (Å²) >= 11 is 6.02. The highest BCUT2D eigenvalue weighted by molar-refractivity contribution is 6.30. The minimum absolute atomic E-state index is 0.350. The van der Waals surface area contributed by atoms with E-state index in [1.54, 1.807) is 12.1 Å². The summed E-state index contributed by atoms with van der Waals surface area (Å²) in [6, 6.07) is 16.5. The Labute approximate surface area is 126 Å². The number of pyridine rings is 1. The van der Waals surface area contributed by atoms with Crippen molar-refractivity contribution < 1.29 is 4.79 Å². The summed E-state index contributed by atoms with van der Waals surface area (Å²) in [5, 5.41) is 1.37. The molecule has 0 radical (unpaired) electrons. The van der Waals surface area contributed by atoms with Crippen LogP contribution < -0.4 is 11.3 Å². The molecule has 0 atom stereocenters. The number of carbonyl (C=O) groups excluding carboxylic acids is 1. The van der Waals surface area contributed by atoms with Gasteiger partial charge in [0.25, 0.3) is 5.91 Å². The van der Waals surface area contributed by atoms with Crippen molar-refractivity contribution in [2.24, 2.45) is 5.84 Å². The number of benzene rings is 2. The molecule has 0 spiro atoms. The Kier molecular flexibility index (Phi) is 3.56. The fraction of sp³-hybridized carbons (Fsp3) is 0. The van der Waals surface area contributed by atoms with Gasteiger partial charge in [-0.1, -0.05) is 41.9 Å². The molecule has 104 valence electrons. The number of halogens is 1. The van der Waals surface area contributed by atoms with E-state index in [9.17, 15) is 4.79 Å². The monoisotopic (exact) mass is 297 g/mol. The minimum Gasteiger partial charge on any atom is -0.290 e. The lowest BCUT2D eigenvalue weighted by atomic mass is 10.0. The van der Waals surface area contributed by atoms with E-state index in [1.807, 2.05) is 42.5 Å². The number of nitrogens with two attached hydrogens (primary N) is 1. The Morgan fingerprint density at radius 2 is 1.90 bits per heavy atom. The molecule has 0 aliphatic heterocycles. The fourth-order valence-electron chi connectivity index (χ4n) is 2.24. The van der Waals surface area contributed by atoms with Gasteiger partial charge in [0.15, 0.2) is 0 Å². The number of hydrogen-bond acceptors (Lipinski definition) is 3. The standard InChI is InChI=1S/C16H12ClN3O/c17-11-5-3-4-10(8-11)15-9-13(16(21)20-18)12-6-1-2-7-14(12)19-15/h1-9H,18H2,(H,20,21). The van der Waals surface area contributed by atoms with Gasteiger partial charge in [0.1, 0.15) is 0 Å². The largest absolute Gasteiger partial charge is 0.290 e. The number of amides is 1. The molecule has 4 nitrogen and oxygen atoms in total. The quantitative estimate of drug-likeness (QED) is 0.434. The van der Waals surface area contributed by atoms with Crippen LogP contribution in [0.15, 0.2) is 54.6 Å². The number of nitrogen functional groups attached to an aromatic ring is 1. The zero-order chi connectivity index (χ0) is 14.8. The van der Waals surface area contributed by atoms with E-state index in [0.29, 0.717) is 16.3 Å². The zero-order valence-corrected chi connectivity index (χ0v) is 11.8. The molecule has 0 aliphatic rings. The Morgan fingerprint density at radius 1 is 1.10 bits per heavy atom. The van der Waals surface area contributed by atoms with E-state index in [1.165, 1.54) is 0 Å². The van der Waals surface area contributed by atoms with Crippen LogP contribution in [-0.2, 0) is 0 Å². The molecule has 0 fully saturated rings. The van der Waals surface area contributed by atoms with Gasteiger partial charge < -0.3 is 0 Å². The number of hydrogen-bond donors (Lipinski definition) is 2. The lowest BCUT2D eigenvalue weighted by Crippen LogP contribution is -2.30. The molecular formula is C16H12ClN3O. The molecule has 0 bridgehead atoms. The molecular weight excluding hydrogens is 286 g/mol. The van der Waals surface area contributed by atoms with Crippen LogP contribution in [0, 0.1) is 0 Å². The van der Waals surface area contributed by atoms with Crippen LogP contribution in [0.5, 0.6) is 0 Å². The summed E-state index contributed by atoms with van der Waals surface area (Å²) in [5.74, 6) is 4.92. The lowest BCUT2D eigenvalue weighted by Gasteiger charge is -2.09. The van der Waals surface area contributed by atoms with Gasteiger partial charge in [-0.3, -0.25) is 10.2 Å². The maximum atomic E-state index is 12.0. The molecule has 3 N–H and O–H groups in total. The van der Waals surface area contributed by atoms with Crippen LogP contribution in [0.25, 0.3) is 22.2 Å². The van der Waals surface area contributed by atoms with E-state index in [2.05, 4.69) is 10.4 Å². The summed E-state index contributed by atoms with van der Waals surface area (Å²) in [5.41, 5.74) is 4.91. The molecule has 2 aromatic carbocycles. The van der Waals surface area contributed by atoms with Gasteiger partial charge in [-0.2, -0.15) is 0 Å². The van der Waals surface area contributed by atoms with Crippen LogP contribution in [0.1, 0.15) is 10.4 Å². The van der Waals surface area contributed by atoms with Gasteiger partial charge in [0.05, 0.1) is 16.8 Å². The van der Waals surface area contributed by atoms with Gasteiger partial charge in [0.2, 0.25) is 0 Å². The molecule has 1 amide bonds. The normalized spacial score (nSPS) is 10.6. The summed E-state index contributed by atoms with van der Waals surface area (Å²) in [6.45, 7) is 0. The number of aromatic nitrogens is 1. The molecule has 1 aromatic heterocycles. The molecule has 3 aromatic rings. The molecule has 0 saturated heterocycles. The first kappa shape index (κ1) is 13.5. The predicted octanol–water partition coefficient (Wildman–Crippen LogP) is 3.16. The summed E-state index contributed by atoms with van der Waals surface area (Å²) < 4.78 is 0. The van der Waals surface area contributed by atoms with Crippen LogP contribution in [-0.4, -0.2) is 10.9 Å². The van der Waals surface area contributed by atoms with Gasteiger partial charge in [-0.25, -0.2) is 10.8 Å². The van der Waals surface area contributed by atoms with Crippen molar-refractivity contribution in [3.63, 3.8) is 0 Å². The topological polar surface area (TPSA) is 68.0 Å². The average molecular weight is 298 g/mol. The second-order valence-electron chi connectivity index (χ2n) is 4.56. The maximum Gasteiger partial charge on any atom is 0.265 e. The van der Waals surface area contributed by atoms with Crippen molar-refractivity contribution >= 4 is 28.4 Å². The number of nitrogens with zero attached hydrogens (tertiary/aromatic N) is 1. The van der Waals surface area contributed by atoms with Crippen molar-refractivity contribution in [2.75, 3.05) is 0 Å². The molecule has 0 aliphatic carbocycles. The molecule has 5 heteroatoms. The number of para-hydroxylation sites is 1. The van der Waals surface area contributed by atoms with Gasteiger partial charge in [0, 0.05) is 16.0 Å². The molecule has 21 heavy (non-hydrogen) atoms. The van der Waals surface area contributed by atoms with Gasteiger partial charge >= 0.3 is 0 Å². The minimum atomic E-state index is -0.350. The molecule has 0 unspecified atom stereocenters. The Bertz CT molecular complexity index is 833. The van der Waals surface area contributed by atoms with Crippen LogP contribution in [0.4, 0.5) is 0 Å². The summed E-state index contributed by atoms with van der Waals surface area (Å²) in [6.07, 6.45) is 0. The van der Waals surface area contributed by atoms with Crippen LogP contribution >= 0.6 is 11.6 Å². The van der Waals surface area contributed by atoms with Crippen LogP contribution in [0.3, 0.4) is 0 Å². The van der Waals surface area contributed by atoms with E-state index in [-0.39, 0.29) is 5.91 Å². The first-order valence-corrected chi connectivity index (χ1v) is 6.73. The molecule has 0 saturated carbocycles. The van der Waals surface area contributed by atoms with E-state index in [0.717, 1.165) is 16.5 Å². The van der Waals surface area contributed by atoms with Crippen molar-refractivity contribution in [3.05, 3.63) is 65.2 Å². The molecule has 1 heterocycles. The van der Waals surface area contributed by atoms with Crippen molar-refractivity contribution in [3.8, 4) is 11.3 Å². The average Bonchev–Trinajstić information content (AvgIpc) is 2.53. The second kappa shape index (κ2) is 5.52. The summed E-state index contributed by atoms with van der Waals surface area (Å²) in [4.78, 5) is 16.6. The first-order chi connectivity index (χ1) is 10.2. The van der Waals surface area contributed by atoms with Crippen molar-refractivity contribution in [1.29, 1.82) is 0 Å². The molecule has 3 rings (SSSR count). The van der Waals surface area contributed by atoms with Gasteiger partial charge in [-0.05, 0) is 24.3 Å². The second-order valence-corrected chi connectivity index (χ2v) is 4.99. The number of fused-ring (bicyclic) bond motifs is 1. The van der Waals surface area contributed by atoms with E-state index in [4.69, 9.17) is 17.4 Å². The van der Waals surface area contributed by atoms with Crippen molar-refractivity contribution in [1.82, 2.24) is 10.4 Å². The van der Waals surface area contributed by atoms with Gasteiger partial charge in [-0.15, -0.1) is 0 Å². The third-order valence-electron chi connectivity index (χ3n) is 3.21. The number of rotatable bonds is 2. The smallest absolute Gasteiger partial charge is 0.265 e.